The van der Waals surface area contributed by atoms with Crippen LogP contribution < -0.4 is 10.2 Å². The summed E-state index contributed by atoms with van der Waals surface area (Å²) >= 11 is 0. The number of nitrogens with zero attached hydrogens (tertiary/aromatic N) is 1. The zero-order valence-electron chi connectivity index (χ0n) is 10.5. The van der Waals surface area contributed by atoms with Gasteiger partial charge in [0.1, 0.15) is 12.4 Å². The van der Waals surface area contributed by atoms with Gasteiger partial charge in [-0.1, -0.05) is 12.1 Å². The Labute approximate surface area is 114 Å². The molecule has 2 aromatic rings. The Morgan fingerprint density at radius 2 is 1.95 bits per heavy atom. The molecular formula is C15H11FN2O2. The summed E-state index contributed by atoms with van der Waals surface area (Å²) in [5, 5.41) is 2.77. The lowest BCUT2D eigenvalue weighted by Gasteiger charge is -2.31. The number of benzene rings is 2. The van der Waals surface area contributed by atoms with Crippen molar-refractivity contribution in [2.75, 3.05) is 16.8 Å². The number of anilines is 3. The normalized spacial score (nSPS) is 13.7. The van der Waals surface area contributed by atoms with E-state index in [1.807, 2.05) is 18.2 Å². The Morgan fingerprint density at radius 3 is 2.75 bits per heavy atom. The number of carbonyl (C=O) groups is 2. The van der Waals surface area contributed by atoms with Gasteiger partial charge in [0.05, 0.1) is 17.1 Å². The molecule has 0 saturated carbocycles. The first-order chi connectivity index (χ1) is 9.69. The average Bonchev–Trinajstić information content (AvgIpc) is 2.46. The quantitative estimate of drug-likeness (QED) is 0.854. The highest BCUT2D eigenvalue weighted by atomic mass is 19.1. The molecule has 0 fully saturated rings. The summed E-state index contributed by atoms with van der Waals surface area (Å²) in [4.78, 5) is 24.6. The zero-order valence-corrected chi connectivity index (χ0v) is 10.5. The molecule has 3 rings (SSSR count). The van der Waals surface area contributed by atoms with E-state index in [1.165, 1.54) is 12.1 Å². The molecular weight excluding hydrogens is 259 g/mol. The van der Waals surface area contributed by atoms with Crippen LogP contribution in [0.5, 0.6) is 0 Å². The van der Waals surface area contributed by atoms with Gasteiger partial charge >= 0.3 is 0 Å². The molecule has 0 atom stereocenters. The monoisotopic (exact) mass is 270 g/mol. The Kier molecular flexibility index (Phi) is 2.95. The van der Waals surface area contributed by atoms with Crippen molar-refractivity contribution in [2.45, 2.75) is 0 Å². The van der Waals surface area contributed by atoms with Crippen LogP contribution in [0.15, 0.2) is 42.5 Å². The molecule has 20 heavy (non-hydrogen) atoms. The minimum atomic E-state index is -0.481. The van der Waals surface area contributed by atoms with E-state index in [1.54, 1.807) is 11.0 Å². The molecule has 1 N–H and O–H groups in total. The first-order valence-electron chi connectivity index (χ1n) is 6.10. The largest absolute Gasteiger partial charge is 0.330 e. The van der Waals surface area contributed by atoms with E-state index in [4.69, 9.17) is 0 Å². The number of fused-ring (bicyclic) bond motifs is 1. The first-order valence-corrected chi connectivity index (χ1v) is 6.10. The van der Waals surface area contributed by atoms with E-state index >= 15 is 0 Å². The van der Waals surface area contributed by atoms with Crippen molar-refractivity contribution in [3.05, 3.63) is 53.8 Å². The number of halogens is 1. The van der Waals surface area contributed by atoms with E-state index in [9.17, 15) is 14.0 Å². The number of carbonyl (C=O) groups excluding carboxylic acids is 2. The summed E-state index contributed by atoms with van der Waals surface area (Å²) in [5.41, 5.74) is 2.19. The van der Waals surface area contributed by atoms with Crippen molar-refractivity contribution in [3.8, 4) is 0 Å². The van der Waals surface area contributed by atoms with Crippen LogP contribution in [-0.4, -0.2) is 18.7 Å². The molecule has 1 aliphatic rings. The molecule has 4 nitrogen and oxygen atoms in total. The fraction of sp³-hybridized carbons (Fsp3) is 0.0667. The van der Waals surface area contributed by atoms with Crippen LogP contribution in [0.25, 0.3) is 0 Å². The summed E-state index contributed by atoms with van der Waals surface area (Å²) in [6.45, 7) is 0.0868. The molecule has 0 spiro atoms. The van der Waals surface area contributed by atoms with Gasteiger partial charge in [-0.2, -0.15) is 0 Å². The molecule has 100 valence electrons. The molecule has 0 radical (unpaired) electrons. The van der Waals surface area contributed by atoms with E-state index < -0.39 is 5.82 Å². The van der Waals surface area contributed by atoms with Gasteiger partial charge in [-0.05, 0) is 30.3 Å². The average molecular weight is 270 g/mol. The smallest absolute Gasteiger partial charge is 0.244 e. The predicted octanol–water partition coefficient (Wildman–Crippen LogP) is 2.73. The molecule has 0 aromatic heterocycles. The van der Waals surface area contributed by atoms with Crippen molar-refractivity contribution >= 4 is 29.3 Å². The predicted molar refractivity (Wildman–Crippen MR) is 73.9 cm³/mol. The zero-order chi connectivity index (χ0) is 14.1. The van der Waals surface area contributed by atoms with Crippen molar-refractivity contribution < 1.29 is 14.0 Å². The highest BCUT2D eigenvalue weighted by molar-refractivity contribution is 6.04. The van der Waals surface area contributed by atoms with Gasteiger partial charge in [-0.25, -0.2) is 4.39 Å². The maximum atomic E-state index is 13.2. The summed E-state index contributed by atoms with van der Waals surface area (Å²) in [5.74, 6) is -0.657. The molecule has 0 unspecified atom stereocenters. The summed E-state index contributed by atoms with van der Waals surface area (Å²) < 4.78 is 13.2. The third-order valence-corrected chi connectivity index (χ3v) is 3.18. The number of nitrogens with one attached hydrogen (secondary N) is 1. The van der Waals surface area contributed by atoms with E-state index in [-0.39, 0.29) is 18.0 Å². The lowest BCUT2D eigenvalue weighted by Crippen LogP contribution is -2.35. The number of aldehydes is 1. The number of hydrogen-bond donors (Lipinski definition) is 1. The van der Waals surface area contributed by atoms with E-state index in [0.29, 0.717) is 17.7 Å². The van der Waals surface area contributed by atoms with Crippen molar-refractivity contribution in [2.24, 2.45) is 0 Å². The fourth-order valence-corrected chi connectivity index (χ4v) is 2.31. The van der Waals surface area contributed by atoms with Gasteiger partial charge in [0.15, 0.2) is 6.29 Å². The van der Waals surface area contributed by atoms with Crippen LogP contribution in [0.4, 0.5) is 21.5 Å². The molecule has 0 aliphatic carbocycles. The molecule has 0 saturated heterocycles. The summed E-state index contributed by atoms with van der Waals surface area (Å²) in [6.07, 6.45) is 0.591. The Balaban J connectivity index is 2.15. The Morgan fingerprint density at radius 1 is 1.15 bits per heavy atom. The van der Waals surface area contributed by atoms with Crippen molar-refractivity contribution in [1.82, 2.24) is 0 Å². The van der Waals surface area contributed by atoms with Crippen LogP contribution >= 0.6 is 0 Å². The van der Waals surface area contributed by atoms with Crippen LogP contribution in [0.2, 0.25) is 0 Å². The minimum absolute atomic E-state index is 0.0868. The maximum absolute atomic E-state index is 13.2. The lowest BCUT2D eigenvalue weighted by atomic mass is 10.1. The van der Waals surface area contributed by atoms with Crippen LogP contribution in [0.3, 0.4) is 0 Å². The van der Waals surface area contributed by atoms with Gasteiger partial charge in [0.2, 0.25) is 5.91 Å². The molecule has 1 amide bonds. The second-order valence-corrected chi connectivity index (χ2v) is 4.47. The van der Waals surface area contributed by atoms with E-state index in [0.717, 1.165) is 11.8 Å². The fourth-order valence-electron chi connectivity index (χ4n) is 2.31. The van der Waals surface area contributed by atoms with Crippen molar-refractivity contribution in [1.29, 1.82) is 0 Å². The number of para-hydroxylation sites is 2. The standard InChI is InChI=1S/C15H11FN2O2/c16-11-5-6-13(10(7-11)9-19)18-8-15(20)17-12-3-1-2-4-14(12)18/h1-7,9H,8H2,(H,17,20). The number of hydrogen-bond acceptors (Lipinski definition) is 3. The highest BCUT2D eigenvalue weighted by Gasteiger charge is 2.24. The summed E-state index contributed by atoms with van der Waals surface area (Å²) in [6, 6.07) is 11.2. The molecule has 5 heteroatoms. The van der Waals surface area contributed by atoms with Crippen LogP contribution in [0, 0.1) is 5.82 Å². The Bertz CT molecular complexity index is 700. The van der Waals surface area contributed by atoms with Gasteiger partial charge < -0.3 is 10.2 Å². The topological polar surface area (TPSA) is 49.4 Å². The van der Waals surface area contributed by atoms with Gasteiger partial charge in [-0.15, -0.1) is 0 Å². The van der Waals surface area contributed by atoms with Gasteiger partial charge in [0.25, 0.3) is 0 Å². The third-order valence-electron chi connectivity index (χ3n) is 3.18. The highest BCUT2D eigenvalue weighted by Crippen LogP contribution is 2.36. The van der Waals surface area contributed by atoms with Gasteiger partial charge in [-0.3, -0.25) is 9.59 Å². The first kappa shape index (κ1) is 12.3. The lowest BCUT2D eigenvalue weighted by molar-refractivity contribution is -0.115. The van der Waals surface area contributed by atoms with E-state index in [2.05, 4.69) is 5.32 Å². The Hall–Kier alpha value is -2.69. The minimum Gasteiger partial charge on any atom is -0.330 e. The SMILES string of the molecule is O=Cc1cc(F)ccc1N1CC(=O)Nc2ccccc21. The number of rotatable bonds is 2. The molecule has 1 heterocycles. The van der Waals surface area contributed by atoms with Crippen LogP contribution in [0.1, 0.15) is 10.4 Å². The third kappa shape index (κ3) is 2.03. The maximum Gasteiger partial charge on any atom is 0.244 e. The second-order valence-electron chi connectivity index (χ2n) is 4.47. The summed E-state index contributed by atoms with van der Waals surface area (Å²) in [7, 11) is 0. The molecule has 0 bridgehead atoms. The van der Waals surface area contributed by atoms with Gasteiger partial charge in [0, 0.05) is 5.56 Å². The van der Waals surface area contributed by atoms with Crippen LogP contribution in [-0.2, 0) is 4.79 Å². The second kappa shape index (κ2) is 4.77. The van der Waals surface area contributed by atoms with Crippen molar-refractivity contribution in [3.63, 3.8) is 0 Å². The molecule has 2 aromatic carbocycles. The molecule has 1 aliphatic heterocycles. The number of amides is 1.